The smallest absolute Gasteiger partial charge is 0.192 e. The van der Waals surface area contributed by atoms with Crippen molar-refractivity contribution in [3.63, 3.8) is 0 Å². The highest BCUT2D eigenvalue weighted by Gasteiger charge is 2.28. The highest BCUT2D eigenvalue weighted by atomic mass is 32.2. The van der Waals surface area contributed by atoms with Crippen LogP contribution in [0.1, 0.15) is 29.2 Å². The highest BCUT2D eigenvalue weighted by molar-refractivity contribution is 8.00. The molecule has 1 aliphatic rings. The van der Waals surface area contributed by atoms with E-state index in [2.05, 4.69) is 10.2 Å². The molecule has 1 aliphatic heterocycles. The molecule has 0 N–H and O–H groups in total. The lowest BCUT2D eigenvalue weighted by atomic mass is 10.1. The van der Waals surface area contributed by atoms with Crippen molar-refractivity contribution < 1.29 is 18.7 Å². The lowest BCUT2D eigenvalue weighted by Gasteiger charge is -2.25. The molecule has 1 aromatic heterocycles. The van der Waals surface area contributed by atoms with Gasteiger partial charge in [0.1, 0.15) is 12.4 Å². The maximum Gasteiger partial charge on any atom is 0.192 e. The Morgan fingerprint density at radius 2 is 1.89 bits per heavy atom. The normalized spacial score (nSPS) is 16.6. The molecule has 0 spiro atoms. The van der Waals surface area contributed by atoms with Gasteiger partial charge < -0.3 is 14.0 Å². The van der Waals surface area contributed by atoms with Gasteiger partial charge in [-0.3, -0.25) is 4.79 Å². The summed E-state index contributed by atoms with van der Waals surface area (Å²) in [6.07, 6.45) is -0.384. The molecule has 8 heteroatoms. The van der Waals surface area contributed by atoms with Gasteiger partial charge in [0, 0.05) is 12.6 Å². The van der Waals surface area contributed by atoms with Gasteiger partial charge >= 0.3 is 0 Å². The Morgan fingerprint density at radius 3 is 2.64 bits per heavy atom. The number of para-hydroxylation sites is 2. The number of hydrogen-bond acceptors (Lipinski definition) is 6. The lowest BCUT2D eigenvalue weighted by Crippen LogP contribution is -2.24. The molecule has 0 amide bonds. The first-order chi connectivity index (χ1) is 13.5. The summed E-state index contributed by atoms with van der Waals surface area (Å²) in [5.41, 5.74) is 0.462. The van der Waals surface area contributed by atoms with Crippen LogP contribution in [0.25, 0.3) is 0 Å². The Bertz CT molecular complexity index is 1010. The fraction of sp³-hybridized carbons (Fsp3) is 0.250. The lowest BCUT2D eigenvalue weighted by molar-refractivity contribution is 0.0825. The third kappa shape index (κ3) is 3.60. The average molecular weight is 399 g/mol. The molecule has 2 heterocycles. The zero-order chi connectivity index (χ0) is 19.7. The fourth-order valence-corrected chi connectivity index (χ4v) is 3.82. The molecule has 2 unspecified atom stereocenters. The molecule has 28 heavy (non-hydrogen) atoms. The third-order valence-electron chi connectivity index (χ3n) is 4.45. The van der Waals surface area contributed by atoms with Crippen LogP contribution in [0, 0.1) is 5.82 Å². The van der Waals surface area contributed by atoms with Crippen molar-refractivity contribution in [2.45, 2.75) is 23.4 Å². The van der Waals surface area contributed by atoms with E-state index >= 15 is 0 Å². The number of halogens is 1. The number of ether oxygens (including phenoxy) is 2. The monoisotopic (exact) mass is 399 g/mol. The zero-order valence-corrected chi connectivity index (χ0v) is 16.1. The van der Waals surface area contributed by atoms with Crippen molar-refractivity contribution in [3.8, 4) is 11.5 Å². The second-order valence-corrected chi connectivity index (χ2v) is 7.70. The van der Waals surface area contributed by atoms with E-state index < -0.39 is 5.25 Å². The van der Waals surface area contributed by atoms with Crippen LogP contribution >= 0.6 is 11.8 Å². The number of thioether (sulfide) groups is 1. The Hall–Kier alpha value is -2.87. The van der Waals surface area contributed by atoms with Crippen LogP contribution in [0.4, 0.5) is 4.39 Å². The maximum absolute atomic E-state index is 13.1. The number of carbonyl (C=O) groups excluding carboxylic acids is 1. The standard InChI is InChI=1S/C20H18FN3O3S/c1-12(18(25)13-7-9-14(21)10-8-13)28-20-23-22-19(24(20)2)17-11-26-15-5-3-4-6-16(15)27-17/h3-10,12,17H,11H2,1-2H3. The van der Waals surface area contributed by atoms with E-state index in [1.807, 2.05) is 31.3 Å². The van der Waals surface area contributed by atoms with E-state index in [0.29, 0.717) is 34.7 Å². The van der Waals surface area contributed by atoms with E-state index in [1.54, 1.807) is 11.5 Å². The Kier molecular flexibility index (Phi) is 5.04. The maximum atomic E-state index is 13.1. The summed E-state index contributed by atoms with van der Waals surface area (Å²) in [5, 5.41) is 8.64. The first kappa shape index (κ1) is 18.5. The predicted octanol–water partition coefficient (Wildman–Crippen LogP) is 3.83. The molecule has 4 rings (SSSR count). The molecule has 3 aromatic rings. The average Bonchev–Trinajstić information content (AvgIpc) is 3.08. The SMILES string of the molecule is CC(Sc1nnc(C2COc3ccccc3O2)n1C)C(=O)c1ccc(F)cc1. The minimum absolute atomic E-state index is 0.0965. The summed E-state index contributed by atoms with van der Waals surface area (Å²) < 4.78 is 26.6. The molecule has 2 atom stereocenters. The largest absolute Gasteiger partial charge is 0.485 e. The second kappa shape index (κ2) is 7.63. The Morgan fingerprint density at radius 1 is 1.18 bits per heavy atom. The third-order valence-corrected chi connectivity index (χ3v) is 5.58. The number of hydrogen-bond donors (Lipinski definition) is 0. The van der Waals surface area contributed by atoms with Crippen LogP contribution in [0.3, 0.4) is 0 Å². The van der Waals surface area contributed by atoms with E-state index in [0.717, 1.165) is 0 Å². The van der Waals surface area contributed by atoms with Gasteiger partial charge in [0.15, 0.2) is 34.4 Å². The molecule has 6 nitrogen and oxygen atoms in total. The van der Waals surface area contributed by atoms with E-state index in [9.17, 15) is 9.18 Å². The first-order valence-corrected chi connectivity index (χ1v) is 9.65. The van der Waals surface area contributed by atoms with Gasteiger partial charge in [-0.2, -0.15) is 0 Å². The Balaban J connectivity index is 1.48. The van der Waals surface area contributed by atoms with Gasteiger partial charge in [0.2, 0.25) is 0 Å². The summed E-state index contributed by atoms with van der Waals surface area (Å²) in [5.74, 6) is 1.52. The number of Topliss-reactive ketones (excluding diaryl/α,β-unsaturated/α-hetero) is 1. The quantitative estimate of drug-likeness (QED) is 0.480. The number of benzene rings is 2. The van der Waals surface area contributed by atoms with Crippen LogP contribution in [0.15, 0.2) is 53.7 Å². The van der Waals surface area contributed by atoms with Crippen molar-refractivity contribution in [2.75, 3.05) is 6.61 Å². The van der Waals surface area contributed by atoms with Crippen LogP contribution in [0.2, 0.25) is 0 Å². The minimum atomic E-state index is -0.398. The van der Waals surface area contributed by atoms with Gasteiger partial charge in [-0.1, -0.05) is 23.9 Å². The molecule has 0 fully saturated rings. The van der Waals surface area contributed by atoms with Crippen molar-refractivity contribution in [3.05, 3.63) is 65.7 Å². The topological polar surface area (TPSA) is 66.2 Å². The van der Waals surface area contributed by atoms with E-state index in [4.69, 9.17) is 9.47 Å². The zero-order valence-electron chi connectivity index (χ0n) is 15.3. The van der Waals surface area contributed by atoms with Crippen LogP contribution in [-0.4, -0.2) is 32.4 Å². The fourth-order valence-electron chi connectivity index (χ4n) is 2.92. The molecular formula is C20H18FN3O3S. The van der Waals surface area contributed by atoms with Gasteiger partial charge in [0.05, 0.1) is 5.25 Å². The van der Waals surface area contributed by atoms with Crippen LogP contribution in [0.5, 0.6) is 11.5 Å². The molecular weight excluding hydrogens is 381 g/mol. The van der Waals surface area contributed by atoms with E-state index in [-0.39, 0.29) is 17.7 Å². The second-order valence-electron chi connectivity index (χ2n) is 6.40. The number of ketones is 1. The van der Waals surface area contributed by atoms with Crippen molar-refractivity contribution in [2.24, 2.45) is 7.05 Å². The van der Waals surface area contributed by atoms with Crippen molar-refractivity contribution in [1.82, 2.24) is 14.8 Å². The highest BCUT2D eigenvalue weighted by Crippen LogP contribution is 2.36. The van der Waals surface area contributed by atoms with Crippen LogP contribution in [-0.2, 0) is 7.05 Å². The van der Waals surface area contributed by atoms with Gasteiger partial charge in [0.25, 0.3) is 0 Å². The van der Waals surface area contributed by atoms with Crippen molar-refractivity contribution in [1.29, 1.82) is 0 Å². The van der Waals surface area contributed by atoms with Gasteiger partial charge in [-0.25, -0.2) is 4.39 Å². The summed E-state index contributed by atoms with van der Waals surface area (Å²) in [6, 6.07) is 13.0. The minimum Gasteiger partial charge on any atom is -0.485 e. The summed E-state index contributed by atoms with van der Waals surface area (Å²) >= 11 is 1.30. The molecule has 0 radical (unpaired) electrons. The number of carbonyl (C=O) groups is 1. The molecule has 0 aliphatic carbocycles. The molecule has 0 bridgehead atoms. The summed E-state index contributed by atoms with van der Waals surface area (Å²) in [7, 11) is 1.83. The summed E-state index contributed by atoms with van der Waals surface area (Å²) in [4.78, 5) is 12.6. The van der Waals surface area contributed by atoms with Gasteiger partial charge in [-0.05, 0) is 43.3 Å². The summed E-state index contributed by atoms with van der Waals surface area (Å²) in [6.45, 7) is 2.12. The number of fused-ring (bicyclic) bond motifs is 1. The van der Waals surface area contributed by atoms with Crippen LogP contribution < -0.4 is 9.47 Å². The predicted molar refractivity (Wildman–Crippen MR) is 102 cm³/mol. The molecule has 2 aromatic carbocycles. The van der Waals surface area contributed by atoms with E-state index in [1.165, 1.54) is 36.0 Å². The molecule has 0 saturated carbocycles. The Labute approximate surface area is 165 Å². The first-order valence-electron chi connectivity index (χ1n) is 8.77. The number of aromatic nitrogens is 3. The number of nitrogens with zero attached hydrogens (tertiary/aromatic N) is 3. The number of rotatable bonds is 5. The molecule has 144 valence electrons. The van der Waals surface area contributed by atoms with Crippen molar-refractivity contribution >= 4 is 17.5 Å². The van der Waals surface area contributed by atoms with Gasteiger partial charge in [-0.15, -0.1) is 10.2 Å². The molecule has 0 saturated heterocycles.